The molecule has 2 atom stereocenters. The zero-order valence-electron chi connectivity index (χ0n) is 11.4. The monoisotopic (exact) mass is 264 g/mol. The first-order valence-electron chi connectivity index (χ1n) is 6.71. The molecule has 0 bridgehead atoms. The molecule has 1 aromatic heterocycles. The summed E-state index contributed by atoms with van der Waals surface area (Å²) in [5.74, 6) is -0.155. The number of carbonyl (C=O) groups excluding carboxylic acids is 1. The van der Waals surface area contributed by atoms with E-state index >= 15 is 0 Å². The van der Waals surface area contributed by atoms with E-state index in [2.05, 4.69) is 5.32 Å². The first-order chi connectivity index (χ1) is 9.11. The highest BCUT2D eigenvalue weighted by Gasteiger charge is 2.26. The van der Waals surface area contributed by atoms with Crippen molar-refractivity contribution in [1.29, 1.82) is 0 Å². The van der Waals surface area contributed by atoms with E-state index in [1.807, 2.05) is 6.92 Å². The predicted octanol–water partition coefficient (Wildman–Crippen LogP) is 1.07. The molecule has 0 aliphatic carbocycles. The molecule has 1 amide bonds. The van der Waals surface area contributed by atoms with Crippen LogP contribution in [0.15, 0.2) is 23.1 Å². The first-order valence-corrected chi connectivity index (χ1v) is 6.71. The predicted molar refractivity (Wildman–Crippen MR) is 72.2 cm³/mol. The van der Waals surface area contributed by atoms with Gasteiger partial charge in [-0.25, -0.2) is 0 Å². The van der Waals surface area contributed by atoms with Crippen LogP contribution >= 0.6 is 0 Å². The second-order valence-corrected chi connectivity index (χ2v) is 4.91. The molecule has 5 heteroatoms. The minimum atomic E-state index is -0.155. The maximum atomic E-state index is 12.2. The van der Waals surface area contributed by atoms with E-state index in [1.54, 1.807) is 19.3 Å². The first kappa shape index (κ1) is 13.8. The smallest absolute Gasteiger partial charge is 0.253 e. The third kappa shape index (κ3) is 3.23. The second kappa shape index (κ2) is 6.02. The molecule has 0 unspecified atom stereocenters. The topological polar surface area (TPSA) is 60.3 Å². The van der Waals surface area contributed by atoms with Gasteiger partial charge in [-0.2, -0.15) is 0 Å². The molecule has 1 N–H and O–H groups in total. The summed E-state index contributed by atoms with van der Waals surface area (Å²) in [6, 6.07) is 2.99. The van der Waals surface area contributed by atoms with Crippen LogP contribution in [0.25, 0.3) is 0 Å². The molecular weight excluding hydrogens is 244 g/mol. The molecule has 1 saturated heterocycles. The number of aromatic nitrogens is 1. The zero-order valence-corrected chi connectivity index (χ0v) is 11.4. The van der Waals surface area contributed by atoms with Gasteiger partial charge in [0.25, 0.3) is 5.91 Å². The number of carbonyl (C=O) groups is 1. The van der Waals surface area contributed by atoms with Crippen LogP contribution in [0.4, 0.5) is 0 Å². The van der Waals surface area contributed by atoms with E-state index in [9.17, 15) is 9.59 Å². The van der Waals surface area contributed by atoms with Gasteiger partial charge in [0.2, 0.25) is 5.56 Å². The van der Waals surface area contributed by atoms with Crippen LogP contribution in [0.5, 0.6) is 0 Å². The van der Waals surface area contributed by atoms with Gasteiger partial charge in [0, 0.05) is 25.9 Å². The Kier molecular flexibility index (Phi) is 4.37. The fourth-order valence-electron chi connectivity index (χ4n) is 2.36. The SMILES string of the molecule is CC[C@@H](NC(=O)c1ccc(=O)n(C)c1)[C@@H]1CCCO1. The molecule has 0 spiro atoms. The zero-order chi connectivity index (χ0) is 13.8. The van der Waals surface area contributed by atoms with Crippen molar-refractivity contribution in [3.05, 3.63) is 34.2 Å². The maximum absolute atomic E-state index is 12.2. The van der Waals surface area contributed by atoms with Gasteiger partial charge >= 0.3 is 0 Å². The maximum Gasteiger partial charge on any atom is 0.253 e. The average molecular weight is 264 g/mol. The molecule has 1 aliphatic rings. The van der Waals surface area contributed by atoms with E-state index in [4.69, 9.17) is 4.74 Å². The lowest BCUT2D eigenvalue weighted by atomic mass is 10.1. The van der Waals surface area contributed by atoms with Crippen molar-refractivity contribution >= 4 is 5.91 Å². The van der Waals surface area contributed by atoms with Gasteiger partial charge in [0.15, 0.2) is 0 Å². The highest BCUT2D eigenvalue weighted by Crippen LogP contribution is 2.17. The van der Waals surface area contributed by atoms with Crippen LogP contribution < -0.4 is 10.9 Å². The highest BCUT2D eigenvalue weighted by atomic mass is 16.5. The van der Waals surface area contributed by atoms with E-state index in [1.165, 1.54) is 10.6 Å². The lowest BCUT2D eigenvalue weighted by molar-refractivity contribution is 0.0665. The summed E-state index contributed by atoms with van der Waals surface area (Å²) in [6.07, 6.45) is 4.55. The molecule has 104 valence electrons. The summed E-state index contributed by atoms with van der Waals surface area (Å²) in [6.45, 7) is 2.81. The number of hydrogen-bond donors (Lipinski definition) is 1. The fourth-order valence-corrected chi connectivity index (χ4v) is 2.36. The molecule has 2 rings (SSSR count). The number of pyridine rings is 1. The summed E-state index contributed by atoms with van der Waals surface area (Å²) < 4.78 is 7.02. The van der Waals surface area contributed by atoms with Gasteiger partial charge in [-0.1, -0.05) is 6.92 Å². The summed E-state index contributed by atoms with van der Waals surface area (Å²) in [7, 11) is 1.64. The highest BCUT2D eigenvalue weighted by molar-refractivity contribution is 5.94. The molecule has 0 saturated carbocycles. The number of hydrogen-bond acceptors (Lipinski definition) is 3. The lowest BCUT2D eigenvalue weighted by Crippen LogP contribution is -2.42. The summed E-state index contributed by atoms with van der Waals surface area (Å²) >= 11 is 0. The fraction of sp³-hybridized carbons (Fsp3) is 0.571. The number of amides is 1. The van der Waals surface area contributed by atoms with Gasteiger partial charge in [0.05, 0.1) is 17.7 Å². The van der Waals surface area contributed by atoms with Crippen LogP contribution in [0.1, 0.15) is 36.5 Å². The van der Waals surface area contributed by atoms with Crippen molar-refractivity contribution in [1.82, 2.24) is 9.88 Å². The van der Waals surface area contributed by atoms with Crippen molar-refractivity contribution in [3.63, 3.8) is 0 Å². The molecule has 1 aliphatic heterocycles. The van der Waals surface area contributed by atoms with Gasteiger partial charge < -0.3 is 14.6 Å². The third-order valence-corrected chi connectivity index (χ3v) is 3.52. The van der Waals surface area contributed by atoms with Crippen molar-refractivity contribution < 1.29 is 9.53 Å². The Morgan fingerprint density at radius 3 is 2.95 bits per heavy atom. The van der Waals surface area contributed by atoms with Crippen LogP contribution in [-0.4, -0.2) is 29.2 Å². The van der Waals surface area contributed by atoms with E-state index in [0.29, 0.717) is 5.56 Å². The molecule has 19 heavy (non-hydrogen) atoms. The van der Waals surface area contributed by atoms with Crippen molar-refractivity contribution in [2.24, 2.45) is 7.05 Å². The molecule has 1 aromatic rings. The Balaban J connectivity index is 2.06. The minimum Gasteiger partial charge on any atom is -0.376 e. The number of nitrogens with zero attached hydrogens (tertiary/aromatic N) is 1. The Labute approximate surface area is 112 Å². The Bertz CT molecular complexity index is 504. The number of nitrogens with one attached hydrogen (secondary N) is 1. The van der Waals surface area contributed by atoms with Gasteiger partial charge in [-0.15, -0.1) is 0 Å². The largest absolute Gasteiger partial charge is 0.376 e. The van der Waals surface area contributed by atoms with Crippen molar-refractivity contribution in [2.45, 2.75) is 38.3 Å². The van der Waals surface area contributed by atoms with Gasteiger partial charge in [-0.3, -0.25) is 9.59 Å². The van der Waals surface area contributed by atoms with E-state index < -0.39 is 0 Å². The van der Waals surface area contributed by atoms with Crippen molar-refractivity contribution in [3.8, 4) is 0 Å². The number of ether oxygens (including phenoxy) is 1. The molecule has 2 heterocycles. The Hall–Kier alpha value is -1.62. The van der Waals surface area contributed by atoms with E-state index in [-0.39, 0.29) is 23.6 Å². The number of aryl methyl sites for hydroxylation is 1. The summed E-state index contributed by atoms with van der Waals surface area (Å²) in [5, 5.41) is 2.99. The standard InChI is InChI=1S/C14H20N2O3/c1-3-11(12-5-4-8-19-12)15-14(18)10-6-7-13(17)16(2)9-10/h6-7,9,11-12H,3-5,8H2,1-2H3,(H,15,18)/t11-,12+/m1/s1. The third-order valence-electron chi connectivity index (χ3n) is 3.52. The van der Waals surface area contributed by atoms with E-state index in [0.717, 1.165) is 25.9 Å². The molecule has 0 radical (unpaired) electrons. The Morgan fingerprint density at radius 2 is 2.37 bits per heavy atom. The lowest BCUT2D eigenvalue weighted by Gasteiger charge is -2.22. The minimum absolute atomic E-state index is 0.0345. The normalized spacial score (nSPS) is 20.2. The van der Waals surface area contributed by atoms with Crippen LogP contribution in [0, 0.1) is 0 Å². The molecular formula is C14H20N2O3. The molecule has 5 nitrogen and oxygen atoms in total. The van der Waals surface area contributed by atoms with Gasteiger partial charge in [0.1, 0.15) is 0 Å². The Morgan fingerprint density at radius 1 is 1.58 bits per heavy atom. The molecule has 1 fully saturated rings. The molecule has 0 aromatic carbocycles. The quantitative estimate of drug-likeness (QED) is 0.885. The van der Waals surface area contributed by atoms with Gasteiger partial charge in [-0.05, 0) is 25.3 Å². The van der Waals surface area contributed by atoms with Crippen LogP contribution in [-0.2, 0) is 11.8 Å². The second-order valence-electron chi connectivity index (χ2n) is 4.91. The number of rotatable bonds is 4. The average Bonchev–Trinajstić information content (AvgIpc) is 2.92. The van der Waals surface area contributed by atoms with Crippen LogP contribution in [0.3, 0.4) is 0 Å². The summed E-state index contributed by atoms with van der Waals surface area (Å²) in [4.78, 5) is 23.4. The van der Waals surface area contributed by atoms with Crippen molar-refractivity contribution in [2.75, 3.05) is 6.61 Å². The summed E-state index contributed by atoms with van der Waals surface area (Å²) in [5.41, 5.74) is 0.376. The van der Waals surface area contributed by atoms with Crippen LogP contribution in [0.2, 0.25) is 0 Å².